The van der Waals surface area contributed by atoms with Gasteiger partial charge in [-0.3, -0.25) is 0 Å². The predicted molar refractivity (Wildman–Crippen MR) is 67.3 cm³/mol. The Balaban J connectivity index is 2.11. The highest BCUT2D eigenvalue weighted by Crippen LogP contribution is 1.96. The van der Waals surface area contributed by atoms with Crippen LogP contribution < -0.4 is 5.32 Å². The lowest BCUT2D eigenvalue weighted by Crippen LogP contribution is -2.33. The van der Waals surface area contributed by atoms with Crippen LogP contribution in [-0.2, 0) is 6.54 Å². The summed E-state index contributed by atoms with van der Waals surface area (Å²) in [5, 5.41) is 12.2. The summed E-state index contributed by atoms with van der Waals surface area (Å²) in [6.45, 7) is 6.99. The van der Waals surface area contributed by atoms with E-state index in [4.69, 9.17) is 5.11 Å². The van der Waals surface area contributed by atoms with E-state index in [1.54, 1.807) is 0 Å². The van der Waals surface area contributed by atoms with E-state index >= 15 is 0 Å². The minimum absolute atomic E-state index is 0.243. The van der Waals surface area contributed by atoms with Gasteiger partial charge < -0.3 is 15.3 Å². The molecule has 90 valence electrons. The zero-order valence-electron chi connectivity index (χ0n) is 10.0. The zero-order valence-corrected chi connectivity index (χ0v) is 10.0. The molecule has 1 aromatic rings. The molecule has 0 heterocycles. The van der Waals surface area contributed by atoms with Crippen LogP contribution in [0.1, 0.15) is 12.5 Å². The SMILES string of the molecule is CCN(CCO)CCNCc1ccccc1. The van der Waals surface area contributed by atoms with E-state index in [0.717, 1.165) is 32.7 Å². The molecule has 0 aliphatic carbocycles. The fourth-order valence-corrected chi connectivity index (χ4v) is 1.64. The summed E-state index contributed by atoms with van der Waals surface area (Å²) in [5.74, 6) is 0. The van der Waals surface area contributed by atoms with Crippen LogP contribution in [0.3, 0.4) is 0 Å². The van der Waals surface area contributed by atoms with Crippen molar-refractivity contribution in [2.45, 2.75) is 13.5 Å². The van der Waals surface area contributed by atoms with Gasteiger partial charge in [-0.25, -0.2) is 0 Å². The van der Waals surface area contributed by atoms with E-state index in [1.807, 2.05) is 6.07 Å². The van der Waals surface area contributed by atoms with Gasteiger partial charge in [0.15, 0.2) is 0 Å². The number of likely N-dealkylation sites (N-methyl/N-ethyl adjacent to an activating group) is 1. The van der Waals surface area contributed by atoms with Crippen molar-refractivity contribution < 1.29 is 5.11 Å². The Hall–Kier alpha value is -0.900. The molecule has 0 saturated heterocycles. The molecule has 3 nitrogen and oxygen atoms in total. The van der Waals surface area contributed by atoms with Crippen LogP contribution in [-0.4, -0.2) is 42.8 Å². The van der Waals surface area contributed by atoms with Crippen molar-refractivity contribution in [1.29, 1.82) is 0 Å². The molecule has 0 atom stereocenters. The average molecular weight is 222 g/mol. The third kappa shape index (κ3) is 5.26. The maximum Gasteiger partial charge on any atom is 0.0558 e. The molecule has 0 unspecified atom stereocenters. The van der Waals surface area contributed by atoms with Gasteiger partial charge in [-0.15, -0.1) is 0 Å². The molecule has 0 spiro atoms. The van der Waals surface area contributed by atoms with E-state index in [-0.39, 0.29) is 6.61 Å². The molecule has 1 rings (SSSR count). The van der Waals surface area contributed by atoms with Crippen LogP contribution in [0.25, 0.3) is 0 Å². The number of rotatable bonds is 8. The maximum absolute atomic E-state index is 8.84. The van der Waals surface area contributed by atoms with E-state index in [9.17, 15) is 0 Å². The van der Waals surface area contributed by atoms with Crippen LogP contribution in [0.15, 0.2) is 30.3 Å². The summed E-state index contributed by atoms with van der Waals surface area (Å²) in [4.78, 5) is 2.23. The lowest BCUT2D eigenvalue weighted by Gasteiger charge is -2.19. The largest absolute Gasteiger partial charge is 0.395 e. The summed E-state index contributed by atoms with van der Waals surface area (Å²) >= 11 is 0. The van der Waals surface area contributed by atoms with Crippen LogP contribution in [0.4, 0.5) is 0 Å². The van der Waals surface area contributed by atoms with E-state index in [1.165, 1.54) is 5.56 Å². The molecule has 0 aliphatic heterocycles. The summed E-state index contributed by atoms with van der Waals surface area (Å²) < 4.78 is 0. The summed E-state index contributed by atoms with van der Waals surface area (Å²) in [6, 6.07) is 10.4. The molecule has 16 heavy (non-hydrogen) atoms. The Kier molecular flexibility index (Phi) is 6.81. The lowest BCUT2D eigenvalue weighted by molar-refractivity contribution is 0.202. The Labute approximate surface area is 98.1 Å². The third-order valence-corrected chi connectivity index (χ3v) is 2.64. The molecule has 2 N–H and O–H groups in total. The van der Waals surface area contributed by atoms with Gasteiger partial charge in [0.05, 0.1) is 6.61 Å². The molecular formula is C13H22N2O. The zero-order chi connectivity index (χ0) is 11.6. The van der Waals surface area contributed by atoms with E-state index < -0.39 is 0 Å². The summed E-state index contributed by atoms with van der Waals surface area (Å²) in [6.07, 6.45) is 0. The monoisotopic (exact) mass is 222 g/mol. The number of benzene rings is 1. The van der Waals surface area contributed by atoms with Crippen molar-refractivity contribution >= 4 is 0 Å². The van der Waals surface area contributed by atoms with Gasteiger partial charge >= 0.3 is 0 Å². The van der Waals surface area contributed by atoms with Gasteiger partial charge in [0, 0.05) is 26.2 Å². The molecule has 0 saturated carbocycles. The first-order valence-corrected chi connectivity index (χ1v) is 5.94. The number of aliphatic hydroxyl groups is 1. The summed E-state index contributed by atoms with van der Waals surface area (Å²) in [7, 11) is 0. The third-order valence-electron chi connectivity index (χ3n) is 2.64. The highest BCUT2D eigenvalue weighted by atomic mass is 16.3. The topological polar surface area (TPSA) is 35.5 Å². The fraction of sp³-hybridized carbons (Fsp3) is 0.538. The van der Waals surface area contributed by atoms with Crippen molar-refractivity contribution in [3.05, 3.63) is 35.9 Å². The Morgan fingerprint density at radius 3 is 2.56 bits per heavy atom. The van der Waals surface area contributed by atoms with Gasteiger partial charge in [-0.05, 0) is 12.1 Å². The number of hydrogen-bond donors (Lipinski definition) is 2. The van der Waals surface area contributed by atoms with Crippen molar-refractivity contribution in [1.82, 2.24) is 10.2 Å². The molecule has 0 fully saturated rings. The van der Waals surface area contributed by atoms with E-state index in [2.05, 4.69) is 41.4 Å². The number of nitrogens with one attached hydrogen (secondary N) is 1. The molecule has 0 aliphatic rings. The van der Waals surface area contributed by atoms with Gasteiger partial charge in [0.2, 0.25) is 0 Å². The van der Waals surface area contributed by atoms with Crippen molar-refractivity contribution in [2.75, 3.05) is 32.8 Å². The highest BCUT2D eigenvalue weighted by Gasteiger charge is 1.99. The maximum atomic E-state index is 8.84. The van der Waals surface area contributed by atoms with Gasteiger partial charge in [0.25, 0.3) is 0 Å². The normalized spacial score (nSPS) is 10.9. The smallest absolute Gasteiger partial charge is 0.0558 e. The second-order valence-corrected chi connectivity index (χ2v) is 3.82. The lowest BCUT2D eigenvalue weighted by atomic mass is 10.2. The first-order valence-electron chi connectivity index (χ1n) is 5.94. The average Bonchev–Trinajstić information content (AvgIpc) is 2.34. The van der Waals surface area contributed by atoms with Crippen LogP contribution in [0.5, 0.6) is 0 Å². The molecule has 0 aromatic heterocycles. The molecule has 0 radical (unpaired) electrons. The van der Waals surface area contributed by atoms with Crippen molar-refractivity contribution in [3.63, 3.8) is 0 Å². The first-order chi connectivity index (χ1) is 7.86. The van der Waals surface area contributed by atoms with Gasteiger partial charge in [-0.1, -0.05) is 37.3 Å². The van der Waals surface area contributed by atoms with Crippen molar-refractivity contribution in [2.24, 2.45) is 0 Å². The van der Waals surface area contributed by atoms with Gasteiger partial charge in [0.1, 0.15) is 0 Å². The highest BCUT2D eigenvalue weighted by molar-refractivity contribution is 5.14. The van der Waals surface area contributed by atoms with E-state index in [0.29, 0.717) is 0 Å². The standard InChI is InChI=1S/C13H22N2O/c1-2-15(10-11-16)9-8-14-12-13-6-4-3-5-7-13/h3-7,14,16H,2,8-12H2,1H3. The number of hydrogen-bond acceptors (Lipinski definition) is 3. The summed E-state index contributed by atoms with van der Waals surface area (Å²) in [5.41, 5.74) is 1.31. The number of nitrogens with zero attached hydrogens (tertiary/aromatic N) is 1. The van der Waals surface area contributed by atoms with Crippen LogP contribution >= 0.6 is 0 Å². The van der Waals surface area contributed by atoms with Crippen LogP contribution in [0, 0.1) is 0 Å². The number of aliphatic hydroxyl groups excluding tert-OH is 1. The second-order valence-electron chi connectivity index (χ2n) is 3.82. The molecule has 0 amide bonds. The Bertz CT molecular complexity index is 264. The Morgan fingerprint density at radius 1 is 1.19 bits per heavy atom. The molecule has 1 aromatic carbocycles. The first kappa shape index (κ1) is 13.2. The molecular weight excluding hydrogens is 200 g/mol. The molecule has 3 heteroatoms. The Morgan fingerprint density at radius 2 is 1.94 bits per heavy atom. The fourth-order valence-electron chi connectivity index (χ4n) is 1.64. The quantitative estimate of drug-likeness (QED) is 0.646. The predicted octanol–water partition coefficient (Wildman–Crippen LogP) is 1.09. The molecule has 0 bridgehead atoms. The van der Waals surface area contributed by atoms with Crippen LogP contribution in [0.2, 0.25) is 0 Å². The van der Waals surface area contributed by atoms with Crippen molar-refractivity contribution in [3.8, 4) is 0 Å². The second kappa shape index (κ2) is 8.28. The minimum Gasteiger partial charge on any atom is -0.395 e. The minimum atomic E-state index is 0.243. The van der Waals surface area contributed by atoms with Gasteiger partial charge in [-0.2, -0.15) is 0 Å².